The van der Waals surface area contributed by atoms with Gasteiger partial charge in [0.1, 0.15) is 16.8 Å². The van der Waals surface area contributed by atoms with E-state index in [1.54, 1.807) is 0 Å². The molecule has 11 aromatic rings. The first kappa shape index (κ1) is 30.9. The Labute approximate surface area is 313 Å². The molecule has 0 radical (unpaired) electrons. The molecule has 0 amide bonds. The van der Waals surface area contributed by atoms with Crippen molar-refractivity contribution in [1.82, 2.24) is 34.9 Å². The smallest absolute Gasteiger partial charge is 0.180 e. The quantitative estimate of drug-likeness (QED) is 0.174. The van der Waals surface area contributed by atoms with Gasteiger partial charge >= 0.3 is 0 Å². The molecule has 0 aliphatic heterocycles. The zero-order valence-corrected chi connectivity index (χ0v) is 29.1. The first-order valence-corrected chi connectivity index (χ1v) is 18.0. The number of aromatic nitrogens is 7. The van der Waals surface area contributed by atoms with Gasteiger partial charge < -0.3 is 4.42 Å². The summed E-state index contributed by atoms with van der Waals surface area (Å²) in [5.41, 5.74) is 9.01. The third-order valence-corrected chi connectivity index (χ3v) is 10.00. The largest absolute Gasteiger partial charge is 0.452 e. The SMILES string of the molecule is c1ccc2ncc(-c3nc(-c4ccc(-c5nc(-c6cccc7ccccc67)c6oc7ccccc7c6n5)cc4)nc(-c4cnc5ccccc5c4)n3)cc2c1. The molecule has 55 heavy (non-hydrogen) atoms. The minimum absolute atomic E-state index is 0.524. The predicted molar refractivity (Wildman–Crippen MR) is 218 cm³/mol. The highest BCUT2D eigenvalue weighted by molar-refractivity contribution is 6.10. The van der Waals surface area contributed by atoms with Gasteiger partial charge in [-0.2, -0.15) is 0 Å². The van der Waals surface area contributed by atoms with Crippen LogP contribution < -0.4 is 0 Å². The van der Waals surface area contributed by atoms with Gasteiger partial charge in [0.2, 0.25) is 0 Å². The molecule has 0 spiro atoms. The molecule has 0 bridgehead atoms. The van der Waals surface area contributed by atoms with Crippen molar-refractivity contribution in [3.05, 3.63) is 164 Å². The molecule has 0 fully saturated rings. The van der Waals surface area contributed by atoms with Crippen molar-refractivity contribution in [3.8, 4) is 56.8 Å². The van der Waals surface area contributed by atoms with Gasteiger partial charge in [0.15, 0.2) is 28.9 Å². The molecule has 0 atom stereocenters. The van der Waals surface area contributed by atoms with Crippen molar-refractivity contribution in [2.75, 3.05) is 0 Å². The van der Waals surface area contributed by atoms with Gasteiger partial charge in [-0.25, -0.2) is 24.9 Å². The summed E-state index contributed by atoms with van der Waals surface area (Å²) in [4.78, 5) is 34.6. The molecule has 6 aromatic carbocycles. The maximum absolute atomic E-state index is 6.44. The molecule has 0 saturated carbocycles. The van der Waals surface area contributed by atoms with Crippen LogP contribution >= 0.6 is 0 Å². The van der Waals surface area contributed by atoms with Gasteiger partial charge in [-0.3, -0.25) is 9.97 Å². The first-order valence-electron chi connectivity index (χ1n) is 18.0. The van der Waals surface area contributed by atoms with Gasteiger partial charge in [0, 0.05) is 56.4 Å². The summed E-state index contributed by atoms with van der Waals surface area (Å²) in [7, 11) is 0. The highest BCUT2D eigenvalue weighted by Crippen LogP contribution is 2.38. The van der Waals surface area contributed by atoms with Crippen LogP contribution in [0, 0.1) is 0 Å². The maximum atomic E-state index is 6.44. The van der Waals surface area contributed by atoms with Crippen LogP contribution in [0.3, 0.4) is 0 Å². The third-order valence-electron chi connectivity index (χ3n) is 10.00. The molecule has 0 aliphatic carbocycles. The monoisotopic (exact) mass is 705 g/mol. The first-order chi connectivity index (χ1) is 27.2. The average Bonchev–Trinajstić information content (AvgIpc) is 3.64. The lowest BCUT2D eigenvalue weighted by Crippen LogP contribution is -2.01. The van der Waals surface area contributed by atoms with Crippen molar-refractivity contribution >= 4 is 54.6 Å². The van der Waals surface area contributed by atoms with Crippen molar-refractivity contribution in [2.24, 2.45) is 0 Å². The molecular weight excluding hydrogens is 679 g/mol. The van der Waals surface area contributed by atoms with Crippen LogP contribution in [0.2, 0.25) is 0 Å². The second kappa shape index (κ2) is 12.5. The molecule has 8 nitrogen and oxygen atoms in total. The minimum atomic E-state index is 0.524. The van der Waals surface area contributed by atoms with E-state index >= 15 is 0 Å². The Morgan fingerprint density at radius 3 is 1.55 bits per heavy atom. The maximum Gasteiger partial charge on any atom is 0.180 e. The van der Waals surface area contributed by atoms with E-state index in [0.717, 1.165) is 82.6 Å². The topological polar surface area (TPSA) is 103 Å². The second-order valence-corrected chi connectivity index (χ2v) is 13.4. The molecule has 11 rings (SSSR count). The Hall–Kier alpha value is -7.71. The van der Waals surface area contributed by atoms with Crippen LogP contribution in [0.4, 0.5) is 0 Å². The Balaban J connectivity index is 1.06. The molecule has 0 N–H and O–H groups in total. The minimum Gasteiger partial charge on any atom is -0.452 e. The normalized spacial score (nSPS) is 11.6. The molecule has 0 saturated heterocycles. The molecule has 8 heteroatoms. The lowest BCUT2D eigenvalue weighted by molar-refractivity contribution is 0.667. The fourth-order valence-electron chi connectivity index (χ4n) is 7.25. The lowest BCUT2D eigenvalue weighted by atomic mass is 10.0. The molecule has 5 heterocycles. The van der Waals surface area contributed by atoms with Crippen LogP contribution in [0.1, 0.15) is 0 Å². The van der Waals surface area contributed by atoms with Gasteiger partial charge in [0.25, 0.3) is 0 Å². The number of hydrogen-bond donors (Lipinski definition) is 0. The molecular formula is C47H27N7O. The van der Waals surface area contributed by atoms with Crippen LogP contribution in [-0.4, -0.2) is 34.9 Å². The number of fused-ring (bicyclic) bond motifs is 6. The van der Waals surface area contributed by atoms with E-state index in [1.807, 2.05) is 122 Å². The van der Waals surface area contributed by atoms with Crippen LogP contribution in [-0.2, 0) is 0 Å². The van der Waals surface area contributed by atoms with E-state index in [4.69, 9.17) is 39.3 Å². The van der Waals surface area contributed by atoms with Gasteiger partial charge in [-0.05, 0) is 47.2 Å². The standard InChI is InChI=1S/C47H27N7O/c1-4-14-35-28(10-1)13-9-16-36(35)41-43-42(37-15-5-8-19-40(37)55-43)51-44(50-41)29-20-22-30(23-21-29)45-52-46(33-24-31-11-2-6-17-38(31)48-26-33)54-47(53-45)34-25-32-12-3-7-18-39(32)49-27-34/h1-27H. The Morgan fingerprint density at radius 1 is 0.382 bits per heavy atom. The summed E-state index contributed by atoms with van der Waals surface area (Å²) in [6.45, 7) is 0. The van der Waals surface area contributed by atoms with Crippen LogP contribution in [0.5, 0.6) is 0 Å². The number of para-hydroxylation sites is 3. The van der Waals surface area contributed by atoms with E-state index < -0.39 is 0 Å². The fourth-order valence-corrected chi connectivity index (χ4v) is 7.25. The zero-order valence-electron chi connectivity index (χ0n) is 29.1. The number of pyridine rings is 2. The number of hydrogen-bond acceptors (Lipinski definition) is 8. The lowest BCUT2D eigenvalue weighted by Gasteiger charge is -2.10. The van der Waals surface area contributed by atoms with Gasteiger partial charge in [-0.15, -0.1) is 0 Å². The number of benzene rings is 6. The second-order valence-electron chi connectivity index (χ2n) is 13.4. The fraction of sp³-hybridized carbons (Fsp3) is 0. The number of nitrogens with zero attached hydrogens (tertiary/aromatic N) is 7. The van der Waals surface area contributed by atoms with Crippen molar-refractivity contribution in [2.45, 2.75) is 0 Å². The Morgan fingerprint density at radius 2 is 0.891 bits per heavy atom. The van der Waals surface area contributed by atoms with Gasteiger partial charge in [0.05, 0.1) is 11.0 Å². The van der Waals surface area contributed by atoms with Crippen LogP contribution in [0.25, 0.3) is 111 Å². The molecule has 0 aliphatic rings. The highest BCUT2D eigenvalue weighted by Gasteiger charge is 2.20. The molecule has 256 valence electrons. The van der Waals surface area contributed by atoms with E-state index in [9.17, 15) is 0 Å². The summed E-state index contributed by atoms with van der Waals surface area (Å²) in [5, 5.41) is 5.17. The average molecular weight is 706 g/mol. The molecule has 5 aromatic heterocycles. The zero-order chi connectivity index (χ0) is 36.3. The predicted octanol–water partition coefficient (Wildman–Crippen LogP) is 11.1. The van der Waals surface area contributed by atoms with Gasteiger partial charge in [-0.1, -0.05) is 115 Å². The Kier molecular flexibility index (Phi) is 6.99. The Bertz CT molecular complexity index is 3180. The summed E-state index contributed by atoms with van der Waals surface area (Å²) in [6, 6.07) is 50.8. The summed E-state index contributed by atoms with van der Waals surface area (Å²) < 4.78 is 6.44. The van der Waals surface area contributed by atoms with Crippen LogP contribution in [0.15, 0.2) is 168 Å². The third kappa shape index (κ3) is 5.35. The number of rotatable bonds is 5. The van der Waals surface area contributed by atoms with E-state index in [2.05, 4.69) is 42.5 Å². The van der Waals surface area contributed by atoms with Crippen molar-refractivity contribution in [1.29, 1.82) is 0 Å². The van der Waals surface area contributed by atoms with E-state index in [1.165, 1.54) is 0 Å². The van der Waals surface area contributed by atoms with E-state index in [0.29, 0.717) is 28.9 Å². The van der Waals surface area contributed by atoms with Crippen molar-refractivity contribution in [3.63, 3.8) is 0 Å². The van der Waals surface area contributed by atoms with E-state index in [-0.39, 0.29) is 0 Å². The highest BCUT2D eigenvalue weighted by atomic mass is 16.3. The summed E-state index contributed by atoms with van der Waals surface area (Å²) >= 11 is 0. The summed E-state index contributed by atoms with van der Waals surface area (Å²) in [5.74, 6) is 2.17. The summed E-state index contributed by atoms with van der Waals surface area (Å²) in [6.07, 6.45) is 3.63. The molecule has 0 unspecified atom stereocenters. The number of furan rings is 1. The van der Waals surface area contributed by atoms with Crippen molar-refractivity contribution < 1.29 is 4.42 Å².